The summed E-state index contributed by atoms with van der Waals surface area (Å²) in [6.07, 6.45) is -0.430. The Bertz CT molecular complexity index is 1150. The molecule has 37 heavy (non-hydrogen) atoms. The molecule has 0 heterocycles. The summed E-state index contributed by atoms with van der Waals surface area (Å²) >= 11 is 0. The van der Waals surface area contributed by atoms with Gasteiger partial charge in [0.05, 0.1) is 6.07 Å². The number of carbonyl (C=O) groups is 3. The lowest BCUT2D eigenvalue weighted by molar-refractivity contribution is -0.140. The molecule has 198 valence electrons. The van der Waals surface area contributed by atoms with E-state index >= 15 is 0 Å². The van der Waals surface area contributed by atoms with Crippen LogP contribution in [-0.4, -0.2) is 41.0 Å². The van der Waals surface area contributed by atoms with Crippen LogP contribution in [0.3, 0.4) is 0 Å². The van der Waals surface area contributed by atoms with Crippen LogP contribution in [0.5, 0.6) is 0 Å². The van der Waals surface area contributed by atoms with Gasteiger partial charge in [0.1, 0.15) is 24.2 Å². The van der Waals surface area contributed by atoms with Crippen molar-refractivity contribution in [1.82, 2.24) is 10.2 Å². The molecule has 0 saturated carbocycles. The highest BCUT2D eigenvalue weighted by Gasteiger charge is 2.37. The van der Waals surface area contributed by atoms with E-state index in [1.807, 2.05) is 64.1 Å². The highest BCUT2D eigenvalue weighted by molar-refractivity contribution is 5.99. The average molecular weight is 507 g/mol. The number of nitriles is 1. The van der Waals surface area contributed by atoms with Gasteiger partial charge in [-0.15, -0.1) is 0 Å². The lowest BCUT2D eigenvalue weighted by Crippen LogP contribution is -2.53. The van der Waals surface area contributed by atoms with E-state index in [1.54, 1.807) is 39.0 Å². The molecule has 0 aliphatic rings. The second-order valence-electron chi connectivity index (χ2n) is 10.5. The molecule has 0 aliphatic heterocycles. The molecule has 0 spiro atoms. The number of nitrogens with one attached hydrogen (secondary N) is 2. The zero-order valence-electron chi connectivity index (χ0n) is 22.8. The number of ether oxygens (including phenoxy) is 1. The molecule has 8 heteroatoms. The number of hydrogen-bond donors (Lipinski definition) is 2. The molecule has 3 amide bonds. The van der Waals surface area contributed by atoms with Crippen LogP contribution < -0.4 is 10.6 Å². The summed E-state index contributed by atoms with van der Waals surface area (Å²) < 4.78 is 5.38. The molecule has 2 rings (SSSR count). The number of amides is 3. The molecule has 0 saturated heterocycles. The van der Waals surface area contributed by atoms with Crippen LogP contribution in [0.15, 0.2) is 48.5 Å². The first-order valence-corrected chi connectivity index (χ1v) is 12.4. The zero-order chi connectivity index (χ0) is 27.8. The first kappa shape index (κ1) is 29.4. The number of para-hydroxylation sites is 1. The fourth-order valence-corrected chi connectivity index (χ4v) is 3.97. The monoisotopic (exact) mass is 506 g/mol. The third-order valence-corrected chi connectivity index (χ3v) is 5.67. The van der Waals surface area contributed by atoms with Crippen molar-refractivity contribution in [2.45, 2.75) is 72.6 Å². The largest absolute Gasteiger partial charge is 0.444 e. The van der Waals surface area contributed by atoms with Crippen LogP contribution in [0, 0.1) is 31.1 Å². The van der Waals surface area contributed by atoms with Gasteiger partial charge in [0.15, 0.2) is 0 Å². The molecule has 0 aliphatic carbocycles. The highest BCUT2D eigenvalue weighted by atomic mass is 16.6. The number of rotatable bonds is 9. The number of alkyl carbamates (subject to hydrolysis) is 1. The molecule has 0 radical (unpaired) electrons. The fourth-order valence-electron chi connectivity index (χ4n) is 3.97. The van der Waals surface area contributed by atoms with Gasteiger partial charge in [-0.1, -0.05) is 56.3 Å². The van der Waals surface area contributed by atoms with E-state index in [4.69, 9.17) is 4.74 Å². The SMILES string of the molecule is Cc1ccccc1NC(=O)C(c1ccccc1C)N(CC#N)C(=O)C(CC(C)C)NC(=O)OC(C)(C)C. The molecule has 2 unspecified atom stereocenters. The number of anilines is 1. The maximum Gasteiger partial charge on any atom is 0.408 e. The van der Waals surface area contributed by atoms with Gasteiger partial charge in [-0.05, 0) is 69.7 Å². The zero-order valence-corrected chi connectivity index (χ0v) is 22.8. The predicted molar refractivity (Wildman–Crippen MR) is 144 cm³/mol. The summed E-state index contributed by atoms with van der Waals surface area (Å²) in [5, 5.41) is 15.3. The minimum Gasteiger partial charge on any atom is -0.444 e. The standard InChI is InChI=1S/C29H38N4O4/c1-19(2)18-24(32-28(36)37-29(5,6)7)27(35)33(17-16-30)25(22-14-10-8-12-20(22)3)26(34)31-23-15-11-9-13-21(23)4/h8-15,19,24-25H,17-18H2,1-7H3,(H,31,34)(H,32,36). The Morgan fingerprint density at radius 2 is 1.59 bits per heavy atom. The van der Waals surface area contributed by atoms with Crippen molar-refractivity contribution in [1.29, 1.82) is 5.26 Å². The van der Waals surface area contributed by atoms with Crippen molar-refractivity contribution < 1.29 is 19.1 Å². The lowest BCUT2D eigenvalue weighted by Gasteiger charge is -2.34. The van der Waals surface area contributed by atoms with Crippen molar-refractivity contribution in [3.05, 3.63) is 65.2 Å². The van der Waals surface area contributed by atoms with Crippen molar-refractivity contribution in [2.75, 3.05) is 11.9 Å². The van der Waals surface area contributed by atoms with Crippen LogP contribution >= 0.6 is 0 Å². The fraction of sp³-hybridized carbons (Fsp3) is 0.448. The average Bonchev–Trinajstić information content (AvgIpc) is 2.79. The molecule has 2 N–H and O–H groups in total. The van der Waals surface area contributed by atoms with E-state index in [9.17, 15) is 19.6 Å². The van der Waals surface area contributed by atoms with E-state index < -0.39 is 35.6 Å². The van der Waals surface area contributed by atoms with E-state index in [0.29, 0.717) is 17.7 Å². The molecule has 0 aromatic heterocycles. The topological polar surface area (TPSA) is 112 Å². The summed E-state index contributed by atoms with van der Waals surface area (Å²) in [5.74, 6) is -0.937. The second kappa shape index (κ2) is 12.9. The number of hydrogen-bond acceptors (Lipinski definition) is 5. The van der Waals surface area contributed by atoms with Crippen molar-refractivity contribution in [3.8, 4) is 6.07 Å². The summed E-state index contributed by atoms with van der Waals surface area (Å²) in [5.41, 5.74) is 2.11. The van der Waals surface area contributed by atoms with Gasteiger partial charge >= 0.3 is 6.09 Å². The molecule has 8 nitrogen and oxygen atoms in total. The van der Waals surface area contributed by atoms with Crippen molar-refractivity contribution in [3.63, 3.8) is 0 Å². The first-order chi connectivity index (χ1) is 17.3. The Kier molecular flexibility index (Phi) is 10.2. The lowest BCUT2D eigenvalue weighted by atomic mass is 9.96. The minimum atomic E-state index is -1.09. The first-order valence-electron chi connectivity index (χ1n) is 12.4. The van der Waals surface area contributed by atoms with Gasteiger partial charge in [0.25, 0.3) is 5.91 Å². The summed E-state index contributed by atoms with van der Waals surface area (Å²) in [6, 6.07) is 14.5. The van der Waals surface area contributed by atoms with E-state index in [2.05, 4.69) is 10.6 Å². The summed E-state index contributed by atoms with van der Waals surface area (Å²) in [4.78, 5) is 41.5. The van der Waals surface area contributed by atoms with Gasteiger partial charge in [-0.2, -0.15) is 5.26 Å². The molecule has 2 aromatic rings. The maximum atomic E-state index is 13.9. The van der Waals surface area contributed by atoms with Crippen LogP contribution in [0.4, 0.5) is 10.5 Å². The number of aryl methyl sites for hydroxylation is 2. The third-order valence-electron chi connectivity index (χ3n) is 5.67. The quantitative estimate of drug-likeness (QED) is 0.450. The van der Waals surface area contributed by atoms with Gasteiger partial charge in [0, 0.05) is 5.69 Å². The molecular formula is C29H38N4O4. The van der Waals surface area contributed by atoms with E-state index in [0.717, 1.165) is 11.1 Å². The molecule has 2 atom stereocenters. The Balaban J connectivity index is 2.53. The van der Waals surface area contributed by atoms with Crippen LogP contribution in [-0.2, 0) is 14.3 Å². The smallest absolute Gasteiger partial charge is 0.408 e. The molecular weight excluding hydrogens is 468 g/mol. The molecule has 2 aromatic carbocycles. The van der Waals surface area contributed by atoms with Crippen molar-refractivity contribution in [2.24, 2.45) is 5.92 Å². The predicted octanol–water partition coefficient (Wildman–Crippen LogP) is 5.27. The minimum absolute atomic E-state index is 0.0468. The van der Waals surface area contributed by atoms with Crippen molar-refractivity contribution >= 4 is 23.6 Å². The third kappa shape index (κ3) is 8.64. The van der Waals surface area contributed by atoms with Crippen LogP contribution in [0.2, 0.25) is 0 Å². The number of nitrogens with zero attached hydrogens (tertiary/aromatic N) is 2. The number of benzene rings is 2. The van der Waals surface area contributed by atoms with Gasteiger partial charge in [0.2, 0.25) is 5.91 Å². The molecule has 0 fully saturated rings. The van der Waals surface area contributed by atoms with Gasteiger partial charge in [-0.3, -0.25) is 9.59 Å². The number of carbonyl (C=O) groups excluding carboxylic acids is 3. The normalized spacial score (nSPS) is 12.7. The summed E-state index contributed by atoms with van der Waals surface area (Å²) in [7, 11) is 0. The Labute approximate surface area is 220 Å². The second-order valence-corrected chi connectivity index (χ2v) is 10.5. The maximum absolute atomic E-state index is 13.9. The van der Waals surface area contributed by atoms with E-state index in [1.165, 1.54) is 4.90 Å². The molecule has 0 bridgehead atoms. The van der Waals surface area contributed by atoms with Gasteiger partial charge < -0.3 is 20.3 Å². The Morgan fingerprint density at radius 1 is 1.00 bits per heavy atom. The van der Waals surface area contributed by atoms with Crippen LogP contribution in [0.1, 0.15) is 63.8 Å². The summed E-state index contributed by atoms with van der Waals surface area (Å²) in [6.45, 7) is 12.4. The van der Waals surface area contributed by atoms with E-state index in [-0.39, 0.29) is 12.5 Å². The Morgan fingerprint density at radius 3 is 2.14 bits per heavy atom. The van der Waals surface area contributed by atoms with Gasteiger partial charge in [-0.25, -0.2) is 4.79 Å². The van der Waals surface area contributed by atoms with Crippen LogP contribution in [0.25, 0.3) is 0 Å². The highest BCUT2D eigenvalue weighted by Crippen LogP contribution is 2.28. The Hall–Kier alpha value is -3.86.